The summed E-state index contributed by atoms with van der Waals surface area (Å²) in [4.78, 5) is 14.0. The smallest absolute Gasteiger partial charge is 0.266 e. The van der Waals surface area contributed by atoms with Crippen molar-refractivity contribution in [3.8, 4) is 11.6 Å². The lowest BCUT2D eigenvalue weighted by Gasteiger charge is -2.16. The molecule has 1 aromatic carbocycles. The number of aromatic nitrogens is 2. The summed E-state index contributed by atoms with van der Waals surface area (Å²) >= 11 is 9.47. The molecule has 2 aromatic rings. The normalized spacial score (nSPS) is 10.6. The lowest BCUT2D eigenvalue weighted by molar-refractivity contribution is 0.0978. The Balaban J connectivity index is 2.29. The van der Waals surface area contributed by atoms with Crippen molar-refractivity contribution in [2.24, 2.45) is 0 Å². The fourth-order valence-corrected chi connectivity index (χ4v) is 2.12. The van der Waals surface area contributed by atoms with Gasteiger partial charge in [0.15, 0.2) is 0 Å². The van der Waals surface area contributed by atoms with Crippen LogP contribution in [0.15, 0.2) is 30.5 Å². The lowest BCUT2D eigenvalue weighted by atomic mass is 10.1. The van der Waals surface area contributed by atoms with E-state index in [1.165, 1.54) is 4.09 Å². The maximum Gasteiger partial charge on any atom is 0.266 e. The zero-order valence-corrected chi connectivity index (χ0v) is 13.8. The predicted molar refractivity (Wildman–Crippen MR) is 86.5 cm³/mol. The second kappa shape index (κ2) is 7.42. The van der Waals surface area contributed by atoms with E-state index in [-0.39, 0.29) is 12.7 Å². The Morgan fingerprint density at radius 3 is 2.82 bits per heavy atom. The first kappa shape index (κ1) is 16.5. The molecule has 118 valence electrons. The van der Waals surface area contributed by atoms with Crippen LogP contribution in [-0.2, 0) is 6.61 Å². The molecule has 1 N–H and O–H groups in total. The highest BCUT2D eigenvalue weighted by molar-refractivity contribution is 7.78. The zero-order chi connectivity index (χ0) is 16.1. The monoisotopic (exact) mass is 341 g/mol. The van der Waals surface area contributed by atoms with E-state index in [4.69, 9.17) is 21.3 Å². The first-order valence-corrected chi connectivity index (χ1v) is 7.36. The Bertz CT molecular complexity index is 661. The van der Waals surface area contributed by atoms with Gasteiger partial charge in [-0.1, -0.05) is 6.07 Å². The van der Waals surface area contributed by atoms with Crippen molar-refractivity contribution in [3.63, 3.8) is 0 Å². The van der Waals surface area contributed by atoms with Crippen LogP contribution in [0.5, 0.6) is 11.6 Å². The summed E-state index contributed by atoms with van der Waals surface area (Å²) in [6.07, 6.45) is 1.60. The number of thiol groups is 1. The molecule has 0 spiro atoms. The fraction of sp³-hybridized carbons (Fsp3) is 0.286. The van der Waals surface area contributed by atoms with Crippen LogP contribution >= 0.6 is 24.6 Å². The van der Waals surface area contributed by atoms with Crippen LogP contribution in [0.25, 0.3) is 0 Å². The van der Waals surface area contributed by atoms with Gasteiger partial charge in [0, 0.05) is 29.6 Å². The molecule has 0 aliphatic carbocycles. The summed E-state index contributed by atoms with van der Waals surface area (Å²) in [5.41, 5.74) is 0.988. The minimum atomic E-state index is -0.422. The second-order valence-corrected chi connectivity index (χ2v) is 5.33. The predicted octanol–water partition coefficient (Wildman–Crippen LogP) is 2.83. The molecule has 22 heavy (non-hydrogen) atoms. The van der Waals surface area contributed by atoms with Gasteiger partial charge in [-0.15, -0.1) is 5.10 Å². The van der Waals surface area contributed by atoms with E-state index < -0.39 is 5.91 Å². The lowest BCUT2D eigenvalue weighted by Crippen LogP contribution is -2.18. The molecule has 0 bridgehead atoms. The number of hydrogen-bond donors (Lipinski definition) is 2. The third-order valence-electron chi connectivity index (χ3n) is 2.74. The fourth-order valence-electron chi connectivity index (χ4n) is 1.86. The van der Waals surface area contributed by atoms with E-state index in [9.17, 15) is 4.79 Å². The Morgan fingerprint density at radius 2 is 2.23 bits per heavy atom. The van der Waals surface area contributed by atoms with E-state index in [1.807, 2.05) is 13.8 Å². The molecule has 1 aromatic heterocycles. The number of benzene rings is 1. The molecular formula is C14H16ClN3O3S. The van der Waals surface area contributed by atoms with Crippen LogP contribution in [0.2, 0.25) is 0 Å². The quantitative estimate of drug-likeness (QED) is 0.626. The van der Waals surface area contributed by atoms with Gasteiger partial charge in [0.05, 0.1) is 11.7 Å². The topological polar surface area (TPSA) is 65.4 Å². The molecule has 0 atom stereocenters. The molecule has 0 unspecified atom stereocenters. The van der Waals surface area contributed by atoms with Crippen LogP contribution in [0.1, 0.15) is 29.8 Å². The number of nitrogens with one attached hydrogen (secondary N) is 1. The van der Waals surface area contributed by atoms with E-state index in [2.05, 4.69) is 22.7 Å². The Hall–Kier alpha value is -1.86. The van der Waals surface area contributed by atoms with Crippen molar-refractivity contribution in [3.05, 3.63) is 41.6 Å². The summed E-state index contributed by atoms with van der Waals surface area (Å²) in [6, 6.07) is 6.83. The number of carbonyl (C=O) groups excluding carboxylic acids is 1. The Labute approximate surface area is 139 Å². The number of halogens is 1. The highest BCUT2D eigenvalue weighted by Crippen LogP contribution is 2.25. The van der Waals surface area contributed by atoms with Gasteiger partial charge in [-0.3, -0.25) is 9.63 Å². The maximum absolute atomic E-state index is 11.9. The van der Waals surface area contributed by atoms with Crippen LogP contribution in [0.4, 0.5) is 0 Å². The summed E-state index contributed by atoms with van der Waals surface area (Å²) < 4.78 is 12.6. The second-order valence-electron chi connectivity index (χ2n) is 4.74. The molecule has 0 aliphatic rings. The van der Waals surface area contributed by atoms with Crippen LogP contribution in [-0.4, -0.2) is 21.2 Å². The van der Waals surface area contributed by atoms with Crippen LogP contribution in [0, 0.1) is 0 Å². The minimum absolute atomic E-state index is 0.0373. The van der Waals surface area contributed by atoms with Crippen molar-refractivity contribution >= 4 is 30.5 Å². The zero-order valence-electron chi connectivity index (χ0n) is 12.1. The maximum atomic E-state index is 11.9. The number of rotatable bonds is 6. The molecule has 6 nitrogen and oxygen atoms in total. The Morgan fingerprint density at radius 1 is 1.45 bits per heavy atom. The molecule has 0 radical (unpaired) electrons. The van der Waals surface area contributed by atoms with E-state index in [0.29, 0.717) is 22.8 Å². The summed E-state index contributed by atoms with van der Waals surface area (Å²) in [5.74, 6) is 0.541. The van der Waals surface area contributed by atoms with Crippen molar-refractivity contribution in [2.45, 2.75) is 26.6 Å². The molecule has 1 amide bonds. The summed E-state index contributed by atoms with van der Waals surface area (Å²) in [5, 5.41) is 4.00. The van der Waals surface area contributed by atoms with Gasteiger partial charge >= 0.3 is 0 Å². The third kappa shape index (κ3) is 4.08. The van der Waals surface area contributed by atoms with Gasteiger partial charge in [-0.05, 0) is 38.8 Å². The van der Waals surface area contributed by atoms with Crippen molar-refractivity contribution in [1.29, 1.82) is 0 Å². The third-order valence-corrected chi connectivity index (χ3v) is 3.14. The van der Waals surface area contributed by atoms with Gasteiger partial charge in [-0.2, -0.15) is 0 Å². The van der Waals surface area contributed by atoms with Gasteiger partial charge in [-0.25, -0.2) is 4.09 Å². The van der Waals surface area contributed by atoms with Gasteiger partial charge in [0.1, 0.15) is 12.4 Å². The minimum Gasteiger partial charge on any atom is -0.491 e. The Kier molecular flexibility index (Phi) is 5.57. The van der Waals surface area contributed by atoms with Crippen molar-refractivity contribution in [2.75, 3.05) is 0 Å². The molecule has 0 saturated carbocycles. The standard InChI is InChI=1S/C14H16ClN3O3S/c1-9(2)21-12-5-3-4-10(14(19)16-15)11(12)8-20-13-6-7-18(22)17-13/h3-7,9,22H,8H2,1-2H3,(H,16,19). The van der Waals surface area contributed by atoms with E-state index in [1.54, 1.807) is 30.5 Å². The van der Waals surface area contributed by atoms with E-state index in [0.717, 1.165) is 0 Å². The number of carbonyl (C=O) groups is 1. The van der Waals surface area contributed by atoms with E-state index >= 15 is 0 Å². The molecule has 0 fully saturated rings. The van der Waals surface area contributed by atoms with Crippen LogP contribution < -0.4 is 14.3 Å². The van der Waals surface area contributed by atoms with Crippen molar-refractivity contribution < 1.29 is 14.3 Å². The largest absolute Gasteiger partial charge is 0.491 e. The van der Waals surface area contributed by atoms with Crippen molar-refractivity contribution in [1.82, 2.24) is 14.0 Å². The first-order valence-electron chi connectivity index (χ1n) is 6.58. The van der Waals surface area contributed by atoms with Gasteiger partial charge < -0.3 is 9.47 Å². The summed E-state index contributed by atoms with van der Waals surface area (Å²) in [6.45, 7) is 3.93. The highest BCUT2D eigenvalue weighted by atomic mass is 35.5. The highest BCUT2D eigenvalue weighted by Gasteiger charge is 2.17. The molecule has 2 rings (SSSR count). The number of ether oxygens (including phenoxy) is 2. The molecule has 1 heterocycles. The number of amides is 1. The SMILES string of the molecule is CC(C)Oc1cccc(C(=O)NCl)c1COc1ccn(S)n1. The molecule has 0 saturated heterocycles. The average molecular weight is 342 g/mol. The van der Waals surface area contributed by atoms with Gasteiger partial charge in [0.2, 0.25) is 5.88 Å². The average Bonchev–Trinajstić information content (AvgIpc) is 2.90. The van der Waals surface area contributed by atoms with Gasteiger partial charge in [0.25, 0.3) is 5.91 Å². The first-order chi connectivity index (χ1) is 10.5. The molecular weight excluding hydrogens is 326 g/mol. The van der Waals surface area contributed by atoms with Crippen LogP contribution in [0.3, 0.4) is 0 Å². The molecule has 8 heteroatoms. The molecule has 0 aliphatic heterocycles. The summed E-state index contributed by atoms with van der Waals surface area (Å²) in [7, 11) is 0. The number of nitrogens with zero attached hydrogens (tertiary/aromatic N) is 2. The number of hydrogen-bond acceptors (Lipinski definition) is 5.